The maximum absolute atomic E-state index is 9.58. The summed E-state index contributed by atoms with van der Waals surface area (Å²) in [4.78, 5) is 4.31. The molecule has 3 nitrogen and oxygen atoms in total. The fraction of sp³-hybridized carbons (Fsp3) is 0.583. The number of pyridine rings is 1. The standard InChI is InChI=1S/C12H17ClN2O/c13-10-1-4-15-11(7-10)8-12(9-16)2-5-14-6-3-12/h1,4,7,14,16H,2-3,5-6,8-9H2. The van der Waals surface area contributed by atoms with Crippen LogP contribution < -0.4 is 5.32 Å². The van der Waals surface area contributed by atoms with Crippen molar-refractivity contribution in [2.45, 2.75) is 19.3 Å². The molecule has 0 aliphatic carbocycles. The van der Waals surface area contributed by atoms with E-state index in [1.54, 1.807) is 12.3 Å². The fourth-order valence-corrected chi connectivity index (χ4v) is 2.46. The average molecular weight is 241 g/mol. The summed E-state index contributed by atoms with van der Waals surface area (Å²) in [5.74, 6) is 0. The number of aliphatic hydroxyl groups excluding tert-OH is 1. The van der Waals surface area contributed by atoms with Crippen LogP contribution in [-0.2, 0) is 6.42 Å². The van der Waals surface area contributed by atoms with Gasteiger partial charge in [-0.2, -0.15) is 0 Å². The van der Waals surface area contributed by atoms with Crippen LogP contribution in [0.2, 0.25) is 5.02 Å². The van der Waals surface area contributed by atoms with E-state index in [4.69, 9.17) is 11.6 Å². The molecule has 2 heterocycles. The third-order valence-corrected chi connectivity index (χ3v) is 3.57. The molecule has 1 aliphatic rings. The van der Waals surface area contributed by atoms with Crippen LogP contribution in [0, 0.1) is 5.41 Å². The van der Waals surface area contributed by atoms with Crippen LogP contribution in [-0.4, -0.2) is 29.8 Å². The third-order valence-electron chi connectivity index (χ3n) is 3.33. The van der Waals surface area contributed by atoms with Crippen LogP contribution in [0.5, 0.6) is 0 Å². The van der Waals surface area contributed by atoms with Crippen molar-refractivity contribution >= 4 is 11.6 Å². The molecule has 0 aromatic carbocycles. The van der Waals surface area contributed by atoms with E-state index in [0.717, 1.165) is 38.0 Å². The number of halogens is 1. The first-order valence-electron chi connectivity index (χ1n) is 5.66. The predicted molar refractivity (Wildman–Crippen MR) is 64.6 cm³/mol. The number of hydrogen-bond donors (Lipinski definition) is 2. The van der Waals surface area contributed by atoms with Gasteiger partial charge in [-0.25, -0.2) is 0 Å². The number of piperidine rings is 1. The lowest BCUT2D eigenvalue weighted by atomic mass is 9.76. The number of aliphatic hydroxyl groups is 1. The Bertz CT molecular complexity index is 351. The van der Waals surface area contributed by atoms with E-state index in [0.29, 0.717) is 5.02 Å². The average Bonchev–Trinajstić information content (AvgIpc) is 2.30. The van der Waals surface area contributed by atoms with Crippen LogP contribution in [0.25, 0.3) is 0 Å². The molecule has 2 rings (SSSR count). The van der Waals surface area contributed by atoms with Gasteiger partial charge in [-0.15, -0.1) is 0 Å². The Morgan fingerprint density at radius 3 is 2.81 bits per heavy atom. The number of rotatable bonds is 3. The lowest BCUT2D eigenvalue weighted by Crippen LogP contribution is -2.40. The highest BCUT2D eigenvalue weighted by atomic mass is 35.5. The van der Waals surface area contributed by atoms with Gasteiger partial charge in [0.15, 0.2) is 0 Å². The normalized spacial score (nSPS) is 19.6. The van der Waals surface area contributed by atoms with Crippen molar-refractivity contribution in [1.82, 2.24) is 10.3 Å². The van der Waals surface area contributed by atoms with Crippen molar-refractivity contribution in [3.63, 3.8) is 0 Å². The molecule has 0 amide bonds. The zero-order chi connectivity index (χ0) is 11.4. The Morgan fingerprint density at radius 2 is 2.19 bits per heavy atom. The van der Waals surface area contributed by atoms with Gasteiger partial charge in [-0.05, 0) is 44.5 Å². The van der Waals surface area contributed by atoms with Crippen molar-refractivity contribution in [3.05, 3.63) is 29.0 Å². The molecule has 0 unspecified atom stereocenters. The van der Waals surface area contributed by atoms with Gasteiger partial charge >= 0.3 is 0 Å². The second kappa shape index (κ2) is 5.13. The first kappa shape index (κ1) is 11.8. The van der Waals surface area contributed by atoms with Crippen LogP contribution in [0.4, 0.5) is 0 Å². The topological polar surface area (TPSA) is 45.2 Å². The highest BCUT2D eigenvalue weighted by Gasteiger charge is 2.31. The lowest BCUT2D eigenvalue weighted by molar-refractivity contribution is 0.0883. The summed E-state index contributed by atoms with van der Waals surface area (Å²) < 4.78 is 0. The van der Waals surface area contributed by atoms with Gasteiger partial charge in [-0.3, -0.25) is 4.98 Å². The molecule has 2 N–H and O–H groups in total. The zero-order valence-corrected chi connectivity index (χ0v) is 10.0. The second-order valence-corrected chi connectivity index (χ2v) is 4.99. The van der Waals surface area contributed by atoms with Crippen molar-refractivity contribution in [3.8, 4) is 0 Å². The highest BCUT2D eigenvalue weighted by molar-refractivity contribution is 6.30. The number of nitrogens with one attached hydrogen (secondary N) is 1. The van der Waals surface area contributed by atoms with E-state index in [-0.39, 0.29) is 12.0 Å². The molecule has 0 radical (unpaired) electrons. The first-order valence-corrected chi connectivity index (χ1v) is 6.04. The Hall–Kier alpha value is -0.640. The van der Waals surface area contributed by atoms with Gasteiger partial charge < -0.3 is 10.4 Å². The van der Waals surface area contributed by atoms with E-state index in [2.05, 4.69) is 10.3 Å². The Kier molecular flexibility index (Phi) is 3.79. The van der Waals surface area contributed by atoms with Gasteiger partial charge in [0, 0.05) is 28.9 Å². The van der Waals surface area contributed by atoms with Crippen molar-refractivity contribution < 1.29 is 5.11 Å². The predicted octanol–water partition coefficient (Wildman–Crippen LogP) is 1.64. The molecule has 0 saturated carbocycles. The Morgan fingerprint density at radius 1 is 1.44 bits per heavy atom. The van der Waals surface area contributed by atoms with Crippen LogP contribution in [0.3, 0.4) is 0 Å². The number of nitrogens with zero attached hydrogens (tertiary/aromatic N) is 1. The summed E-state index contributed by atoms with van der Waals surface area (Å²) in [6, 6.07) is 3.67. The summed E-state index contributed by atoms with van der Waals surface area (Å²) in [6.45, 7) is 2.17. The summed E-state index contributed by atoms with van der Waals surface area (Å²) in [7, 11) is 0. The fourth-order valence-electron chi connectivity index (χ4n) is 2.28. The molecule has 16 heavy (non-hydrogen) atoms. The van der Waals surface area contributed by atoms with Gasteiger partial charge in [0.1, 0.15) is 0 Å². The minimum Gasteiger partial charge on any atom is -0.396 e. The van der Waals surface area contributed by atoms with Crippen LogP contribution in [0.15, 0.2) is 18.3 Å². The van der Waals surface area contributed by atoms with E-state index in [1.807, 2.05) is 6.07 Å². The van der Waals surface area contributed by atoms with Crippen molar-refractivity contribution in [1.29, 1.82) is 0 Å². The second-order valence-electron chi connectivity index (χ2n) is 4.55. The maximum atomic E-state index is 9.58. The minimum absolute atomic E-state index is 0.0110. The smallest absolute Gasteiger partial charge is 0.0492 e. The summed E-state index contributed by atoms with van der Waals surface area (Å²) in [5, 5.41) is 13.6. The molecule has 4 heteroatoms. The molecule has 1 aliphatic heterocycles. The highest BCUT2D eigenvalue weighted by Crippen LogP contribution is 2.32. The van der Waals surface area contributed by atoms with E-state index < -0.39 is 0 Å². The van der Waals surface area contributed by atoms with Gasteiger partial charge in [-0.1, -0.05) is 11.6 Å². The van der Waals surface area contributed by atoms with Gasteiger partial charge in [0.2, 0.25) is 0 Å². The molecular formula is C12H17ClN2O. The molecule has 0 atom stereocenters. The Balaban J connectivity index is 2.11. The summed E-state index contributed by atoms with van der Waals surface area (Å²) >= 11 is 5.94. The van der Waals surface area contributed by atoms with Gasteiger partial charge in [0.25, 0.3) is 0 Å². The number of hydrogen-bond acceptors (Lipinski definition) is 3. The third kappa shape index (κ3) is 2.73. The summed E-state index contributed by atoms with van der Waals surface area (Å²) in [6.07, 6.45) is 4.53. The SMILES string of the molecule is OCC1(Cc2cc(Cl)ccn2)CCNCC1. The van der Waals surface area contributed by atoms with Crippen LogP contribution in [0.1, 0.15) is 18.5 Å². The summed E-state index contributed by atoms with van der Waals surface area (Å²) in [5.41, 5.74) is 0.964. The first-order chi connectivity index (χ1) is 7.74. The van der Waals surface area contributed by atoms with Crippen LogP contribution >= 0.6 is 11.6 Å². The van der Waals surface area contributed by atoms with E-state index >= 15 is 0 Å². The molecule has 1 aromatic heterocycles. The lowest BCUT2D eigenvalue weighted by Gasteiger charge is -2.35. The molecule has 1 saturated heterocycles. The van der Waals surface area contributed by atoms with Crippen molar-refractivity contribution in [2.75, 3.05) is 19.7 Å². The molecule has 0 spiro atoms. The quantitative estimate of drug-likeness (QED) is 0.845. The minimum atomic E-state index is -0.0110. The number of aromatic nitrogens is 1. The maximum Gasteiger partial charge on any atom is 0.0492 e. The Labute approximate surface area is 101 Å². The molecular weight excluding hydrogens is 224 g/mol. The van der Waals surface area contributed by atoms with E-state index in [9.17, 15) is 5.11 Å². The monoisotopic (exact) mass is 240 g/mol. The molecule has 88 valence electrons. The molecule has 1 aromatic rings. The molecule has 0 bridgehead atoms. The largest absolute Gasteiger partial charge is 0.396 e. The zero-order valence-electron chi connectivity index (χ0n) is 9.25. The molecule has 1 fully saturated rings. The van der Waals surface area contributed by atoms with Gasteiger partial charge in [0.05, 0.1) is 0 Å². The van der Waals surface area contributed by atoms with Crippen molar-refractivity contribution in [2.24, 2.45) is 5.41 Å². The van der Waals surface area contributed by atoms with E-state index in [1.165, 1.54) is 0 Å².